The number of amides is 4. The lowest BCUT2D eigenvalue weighted by Gasteiger charge is -2.42. The molecule has 4 saturated heterocycles. The molecule has 26 heteroatoms. The molecule has 0 aliphatic carbocycles. The maximum absolute atomic E-state index is 14.6. The van der Waals surface area contributed by atoms with Gasteiger partial charge in [-0.05, 0) is 119 Å². The van der Waals surface area contributed by atoms with Crippen LogP contribution in [0, 0.1) is 12.8 Å². The maximum Gasteiger partial charge on any atom is 0.408 e. The number of rotatable bonds is 18. The second-order valence-corrected chi connectivity index (χ2v) is 26.7. The molecule has 3 N–H and O–H groups in total. The van der Waals surface area contributed by atoms with Gasteiger partial charge in [-0.15, -0.1) is 33.5 Å². The van der Waals surface area contributed by atoms with Crippen LogP contribution in [0.15, 0.2) is 84.1 Å². The lowest BCUT2D eigenvalue weighted by Crippen LogP contribution is -2.64. The average Bonchev–Trinajstić information content (AvgIpc) is 1.82. The number of nitrogens with one attached hydrogen (secondary N) is 3. The van der Waals surface area contributed by atoms with Crippen LogP contribution in [0.2, 0.25) is 5.02 Å². The number of halogens is 1. The summed E-state index contributed by atoms with van der Waals surface area (Å²) >= 11 is 20.9. The van der Waals surface area contributed by atoms with Gasteiger partial charge in [-0.3, -0.25) is 24.2 Å². The van der Waals surface area contributed by atoms with Gasteiger partial charge in [0.15, 0.2) is 4.34 Å². The molecule has 2 aromatic carbocycles. The number of likely N-dealkylation sites (tertiary alicyclic amines) is 1. The Balaban J connectivity index is 0.00000186. The number of carbonyl (C=O) groups excluding carboxylic acids is 4. The number of piperidine rings is 2. The number of alkyl carbamates (subject to hydrolysis) is 1. The highest BCUT2D eigenvalue weighted by Crippen LogP contribution is 2.34. The number of imidazole rings is 1. The Kier molecular flexibility index (Phi) is 24.8. The minimum atomic E-state index is -1.27. The summed E-state index contributed by atoms with van der Waals surface area (Å²) in [5.74, 6) is 1.65. The normalized spacial score (nSPS) is 17.9. The fourth-order valence-electron chi connectivity index (χ4n) is 11.4. The van der Waals surface area contributed by atoms with Gasteiger partial charge in [0.1, 0.15) is 28.9 Å². The first-order valence-electron chi connectivity index (χ1n) is 29.7. The van der Waals surface area contributed by atoms with Gasteiger partial charge in [0.2, 0.25) is 16.8 Å². The van der Waals surface area contributed by atoms with E-state index in [1.54, 1.807) is 45.1 Å². The average molecular weight is 1290 g/mol. The highest BCUT2D eigenvalue weighted by atomic mass is 35.5. The number of hydrogen-bond acceptors (Lipinski definition) is 19. The van der Waals surface area contributed by atoms with E-state index in [1.807, 2.05) is 57.1 Å². The van der Waals surface area contributed by atoms with Crippen molar-refractivity contribution in [2.45, 2.75) is 113 Å². The molecule has 4 aromatic heterocycles. The third-order valence-corrected chi connectivity index (χ3v) is 19.0. The van der Waals surface area contributed by atoms with Gasteiger partial charge in [0.05, 0.1) is 23.6 Å². The Morgan fingerprint density at radius 1 is 0.872 bits per heavy atom. The molecule has 4 amide bonds. The molecule has 10 rings (SSSR count). The predicted molar refractivity (Wildman–Crippen MR) is 353 cm³/mol. The lowest BCUT2D eigenvalue weighted by molar-refractivity contribution is -0.134. The molecule has 2 atom stereocenters. The largest absolute Gasteiger partial charge is 0.444 e. The number of carbonyl (C=O) groups is 4. The topological polar surface area (TPSA) is 206 Å². The Morgan fingerprint density at radius 2 is 1.56 bits per heavy atom. The number of anilines is 1. The highest BCUT2D eigenvalue weighted by molar-refractivity contribution is 8.59. The molecule has 4 fully saturated rings. The number of nitrogens with zero attached hydrogens (tertiary/aromatic N) is 12. The van der Waals surface area contributed by atoms with Crippen LogP contribution in [-0.4, -0.2) is 198 Å². The van der Waals surface area contributed by atoms with Crippen molar-refractivity contribution in [1.29, 1.82) is 0 Å². The van der Waals surface area contributed by atoms with Gasteiger partial charge >= 0.3 is 6.09 Å². The van der Waals surface area contributed by atoms with Crippen molar-refractivity contribution in [3.8, 4) is 5.69 Å². The second-order valence-electron chi connectivity index (χ2n) is 23.5. The summed E-state index contributed by atoms with van der Waals surface area (Å²) in [6, 6.07) is 16.0. The van der Waals surface area contributed by atoms with Crippen molar-refractivity contribution in [2.75, 3.05) is 103 Å². The van der Waals surface area contributed by atoms with Crippen molar-refractivity contribution in [1.82, 2.24) is 69.8 Å². The Labute approximate surface area is 535 Å². The van der Waals surface area contributed by atoms with Crippen LogP contribution in [0.3, 0.4) is 0 Å². The van der Waals surface area contributed by atoms with Gasteiger partial charge in [0, 0.05) is 126 Å². The summed E-state index contributed by atoms with van der Waals surface area (Å²) in [6.45, 7) is 22.6. The number of thiol groups is 3. The van der Waals surface area contributed by atoms with Crippen molar-refractivity contribution < 1.29 is 23.9 Å². The zero-order valence-corrected chi connectivity index (χ0v) is 55.3. The van der Waals surface area contributed by atoms with Crippen LogP contribution in [0.4, 0.5) is 10.6 Å². The van der Waals surface area contributed by atoms with Crippen molar-refractivity contribution in [2.24, 2.45) is 5.92 Å². The first kappa shape index (κ1) is 66.8. The molecule has 0 saturated carbocycles. The molecule has 20 nitrogen and oxygen atoms in total. The molecule has 6 aromatic rings. The van der Waals surface area contributed by atoms with Crippen molar-refractivity contribution >= 4 is 111 Å². The van der Waals surface area contributed by atoms with Crippen LogP contribution in [0.25, 0.3) is 16.7 Å². The van der Waals surface area contributed by atoms with E-state index in [0.29, 0.717) is 81.0 Å². The Morgan fingerprint density at radius 3 is 2.22 bits per heavy atom. The zero-order chi connectivity index (χ0) is 61.4. The van der Waals surface area contributed by atoms with E-state index in [-0.39, 0.29) is 23.6 Å². The smallest absolute Gasteiger partial charge is 0.408 e. The van der Waals surface area contributed by atoms with Gasteiger partial charge < -0.3 is 44.5 Å². The van der Waals surface area contributed by atoms with Crippen LogP contribution in [-0.2, 0) is 20.1 Å². The number of H-pyrrole nitrogens is 1. The first-order chi connectivity index (χ1) is 41.5. The molecular weight excluding hydrogens is 1210 g/mol. The van der Waals surface area contributed by atoms with Gasteiger partial charge in [-0.1, -0.05) is 73.2 Å². The van der Waals surface area contributed by atoms with Crippen LogP contribution in [0.5, 0.6) is 0 Å². The van der Waals surface area contributed by atoms with E-state index in [4.69, 9.17) is 29.0 Å². The lowest BCUT2D eigenvalue weighted by atomic mass is 9.85. The monoisotopic (exact) mass is 1290 g/mol. The molecule has 4 aliphatic rings. The molecule has 466 valence electrons. The fraction of sp³-hybridized carbons (Fsp3) is 0.550. The Hall–Kier alpha value is -5.12. The summed E-state index contributed by atoms with van der Waals surface area (Å²) in [5, 5.41) is 16.2. The number of aromatic amines is 1. The minimum absolute atomic E-state index is 0.0285. The van der Waals surface area contributed by atoms with Crippen molar-refractivity contribution in [3.63, 3.8) is 0 Å². The summed E-state index contributed by atoms with van der Waals surface area (Å²) < 4.78 is 8.48. The number of ether oxygens (including phenoxy) is 1. The number of aromatic nitrogens is 7. The number of fused-ring (bicyclic) bond motifs is 1. The SMILES string of the molecule is CCC.Cc1cc(-n2ccnc2)ccc1CSc1nnc(C(=O)N2CCC(CN3CCN(CC(=O)N4CCN(CCC(c5ccc(Cl)cc5)C(S)NC(=O)C5(NC(=O)OC(C)(C)C)CCN(c6ncnc7[nH]ccc67)CC5)CC4)CC3)CC2)s1.SS. The summed E-state index contributed by atoms with van der Waals surface area (Å²) in [7, 11) is 0. The summed E-state index contributed by atoms with van der Waals surface area (Å²) in [6.07, 6.45) is 12.7. The number of piperazine rings is 2. The van der Waals surface area contributed by atoms with E-state index in [1.165, 1.54) is 35.2 Å². The van der Waals surface area contributed by atoms with Gasteiger partial charge in [-0.25, -0.2) is 19.7 Å². The van der Waals surface area contributed by atoms with Crippen LogP contribution >= 0.6 is 70.7 Å². The third-order valence-electron chi connectivity index (χ3n) is 16.2. The molecule has 0 spiro atoms. The predicted octanol–water partition coefficient (Wildman–Crippen LogP) is 9.15. The van der Waals surface area contributed by atoms with Gasteiger partial charge in [0.25, 0.3) is 5.91 Å². The minimum Gasteiger partial charge on any atom is -0.444 e. The molecule has 0 radical (unpaired) electrons. The van der Waals surface area contributed by atoms with E-state index in [0.717, 1.165) is 103 Å². The zero-order valence-electron chi connectivity index (χ0n) is 50.2. The van der Waals surface area contributed by atoms with Crippen molar-refractivity contribution in [3.05, 3.63) is 106 Å². The third kappa shape index (κ3) is 18.3. The maximum atomic E-state index is 14.6. The van der Waals surface area contributed by atoms with Gasteiger partial charge in [-0.2, -0.15) is 12.6 Å². The highest BCUT2D eigenvalue weighted by Gasteiger charge is 2.45. The number of hydrogen-bond donors (Lipinski definition) is 6. The Bertz CT molecular complexity index is 3120. The molecule has 4 aliphatic heterocycles. The number of aryl methyl sites for hydroxylation is 1. The second kappa shape index (κ2) is 31.9. The molecule has 2 unspecified atom stereocenters. The summed E-state index contributed by atoms with van der Waals surface area (Å²) in [4.78, 5) is 84.7. The molecular formula is C60H84ClN15O5S5. The van der Waals surface area contributed by atoms with E-state index >= 15 is 0 Å². The molecule has 86 heavy (non-hydrogen) atoms. The first-order valence-corrected chi connectivity index (χ1v) is 34.0. The summed E-state index contributed by atoms with van der Waals surface area (Å²) in [5.41, 5.74) is 3.17. The number of benzene rings is 2. The number of thioether (sulfide) groups is 1. The standard InChI is InChI=1S/C57H74ClN15O5S3.C3H8.H2S2/c1-39-33-44(73-24-18-59-38-73)10-7-42(39)36-80-55-66-65-51(81-55)52(75)72-20-12-40(13-21-72)34-68-25-27-69(28-26-68)35-47(74)70-31-29-67(30-32-70)19-14-45(41-5-8-43(58)9-6-41)50(79)63-53(76)57(64-54(77)78-56(2,3)4)15-22-71(23-16-57)49-46-11-17-60-48(46)61-37-62-49;1-3-2;1-2/h5-11,17-18,24,33,37-38,40,45,50,79H,12-16,19-23,25-32,34-36H2,1-4H3,(H,63,76)(H,64,77)(H,60,61,62);3H2,1-2H3;1-2H. The molecule has 0 bridgehead atoms. The van der Waals surface area contributed by atoms with E-state index < -0.39 is 22.6 Å². The van der Waals surface area contributed by atoms with E-state index in [9.17, 15) is 19.2 Å². The molecule has 8 heterocycles. The van der Waals surface area contributed by atoms with Crippen LogP contribution in [0.1, 0.15) is 106 Å². The van der Waals surface area contributed by atoms with E-state index in [2.05, 4.69) is 123 Å². The van der Waals surface area contributed by atoms with Crippen LogP contribution < -0.4 is 15.5 Å². The quantitative estimate of drug-likeness (QED) is 0.0205. The fourth-order valence-corrected chi connectivity index (χ4v) is 13.9.